The second-order valence-electron chi connectivity index (χ2n) is 8.22. The molecule has 0 amide bonds. The molecular weight excluding hydrogens is 423 g/mol. The van der Waals surface area contributed by atoms with Gasteiger partial charge in [0.05, 0.1) is 35.8 Å². The maximum Gasteiger partial charge on any atom is 0.227 e. The number of nitrogens with two attached hydrogens (primary N) is 1. The van der Waals surface area contributed by atoms with E-state index in [0.717, 1.165) is 11.3 Å². The van der Waals surface area contributed by atoms with E-state index in [4.69, 9.17) is 20.2 Å². The Bertz CT molecular complexity index is 1230. The summed E-state index contributed by atoms with van der Waals surface area (Å²) in [6.07, 6.45) is 0.967. The third-order valence-corrected chi connectivity index (χ3v) is 5.13. The molecule has 3 heterocycles. The number of halogens is 1. The number of hydrogen-bond acceptors (Lipinski definition) is 7. The molecule has 4 aromatic rings. The van der Waals surface area contributed by atoms with Crippen molar-refractivity contribution in [1.82, 2.24) is 19.9 Å². The van der Waals surface area contributed by atoms with E-state index in [0.29, 0.717) is 42.1 Å². The Balaban J connectivity index is 1.52. The number of nitrogens with one attached hydrogen (secondary N) is 2. The third-order valence-electron chi connectivity index (χ3n) is 5.13. The normalized spacial score (nSPS) is 20.5. The summed E-state index contributed by atoms with van der Waals surface area (Å²) in [7, 11) is 0. The molecule has 0 saturated carbocycles. The summed E-state index contributed by atoms with van der Waals surface area (Å²) >= 11 is 0. The molecule has 2 aromatic heterocycles. The molecule has 4 N–H and O–H groups in total. The minimum Gasteiger partial charge on any atom is -0.344 e. The number of rotatable bonds is 5. The Morgan fingerprint density at radius 1 is 1.03 bits per heavy atom. The predicted octanol–water partition coefficient (Wildman–Crippen LogP) is 4.18. The van der Waals surface area contributed by atoms with Crippen LogP contribution in [0.2, 0.25) is 0 Å². The summed E-state index contributed by atoms with van der Waals surface area (Å²) in [5.41, 5.74) is 8.98. The number of imidazole rings is 1. The fourth-order valence-electron chi connectivity index (χ4n) is 3.49. The number of nitrogens with zero attached hydrogens (tertiary/aromatic N) is 3. The van der Waals surface area contributed by atoms with Crippen molar-refractivity contribution in [3.8, 4) is 22.6 Å². The molecule has 1 aliphatic rings. The first-order chi connectivity index (χ1) is 16.0. The van der Waals surface area contributed by atoms with Crippen LogP contribution in [-0.2, 0) is 9.47 Å². The van der Waals surface area contributed by atoms with Gasteiger partial charge in [0, 0.05) is 17.4 Å². The highest BCUT2D eigenvalue weighted by molar-refractivity contribution is 5.77. The molecule has 0 radical (unpaired) electrons. The predicted molar refractivity (Wildman–Crippen MR) is 122 cm³/mol. The van der Waals surface area contributed by atoms with Gasteiger partial charge in [0.25, 0.3) is 0 Å². The molecule has 2 aromatic carbocycles. The monoisotopic (exact) mass is 446 g/mol. The van der Waals surface area contributed by atoms with Crippen LogP contribution in [0.5, 0.6) is 0 Å². The molecule has 0 unspecified atom stereocenters. The molecule has 168 valence electrons. The molecule has 5 rings (SSSR count). The van der Waals surface area contributed by atoms with E-state index in [1.54, 1.807) is 24.4 Å². The van der Waals surface area contributed by atoms with E-state index in [-0.39, 0.29) is 5.82 Å². The summed E-state index contributed by atoms with van der Waals surface area (Å²) in [5, 5.41) is 3.19. The maximum atomic E-state index is 13.5. The highest BCUT2D eigenvalue weighted by Gasteiger charge is 2.32. The highest BCUT2D eigenvalue weighted by Crippen LogP contribution is 2.33. The number of anilines is 2. The van der Waals surface area contributed by atoms with E-state index < -0.39 is 11.8 Å². The van der Waals surface area contributed by atoms with E-state index in [2.05, 4.69) is 20.3 Å². The highest BCUT2D eigenvalue weighted by atomic mass is 19.1. The zero-order valence-corrected chi connectivity index (χ0v) is 18.0. The van der Waals surface area contributed by atoms with Crippen molar-refractivity contribution in [2.24, 2.45) is 5.73 Å². The number of hydrogen-bond donors (Lipinski definition) is 3. The number of H-pyrrole nitrogens is 1. The minimum absolute atomic E-state index is 0.325. The number of para-hydroxylation sites is 1. The van der Waals surface area contributed by atoms with E-state index >= 15 is 0 Å². The lowest BCUT2D eigenvalue weighted by molar-refractivity contribution is -0.211. The summed E-state index contributed by atoms with van der Waals surface area (Å²) in [4.78, 5) is 17.0. The van der Waals surface area contributed by atoms with Crippen molar-refractivity contribution >= 4 is 11.6 Å². The standard InChI is InChI=1S/C24H23FN6O2/c1-24(26)13-32-22(33-14-24)21-30-19(15-7-9-16(25)10-8-15)20(31-21)18-11-12-27-23(29-18)28-17-5-3-2-4-6-17/h2-12,22H,13-14,26H2,1H3,(H,30,31)(H,27,28,29). The van der Waals surface area contributed by atoms with Gasteiger partial charge in [-0.05, 0) is 49.4 Å². The van der Waals surface area contributed by atoms with Gasteiger partial charge < -0.3 is 25.5 Å². The Hall–Kier alpha value is -3.66. The van der Waals surface area contributed by atoms with Crippen LogP contribution in [0.4, 0.5) is 16.0 Å². The molecule has 0 bridgehead atoms. The zero-order valence-electron chi connectivity index (χ0n) is 18.0. The van der Waals surface area contributed by atoms with Crippen molar-refractivity contribution in [3.63, 3.8) is 0 Å². The second-order valence-corrected chi connectivity index (χ2v) is 8.22. The van der Waals surface area contributed by atoms with Gasteiger partial charge in [-0.1, -0.05) is 18.2 Å². The van der Waals surface area contributed by atoms with Crippen molar-refractivity contribution in [1.29, 1.82) is 0 Å². The first kappa shape index (κ1) is 21.2. The molecule has 1 saturated heterocycles. The lowest BCUT2D eigenvalue weighted by Gasteiger charge is -2.33. The average Bonchev–Trinajstić information content (AvgIpc) is 3.26. The Kier molecular flexibility index (Phi) is 5.59. The van der Waals surface area contributed by atoms with Gasteiger partial charge in [0.1, 0.15) is 5.82 Å². The number of aromatic amines is 1. The van der Waals surface area contributed by atoms with Crippen molar-refractivity contribution < 1.29 is 13.9 Å². The zero-order chi connectivity index (χ0) is 22.8. The van der Waals surface area contributed by atoms with E-state index in [9.17, 15) is 4.39 Å². The number of ether oxygens (including phenoxy) is 2. The van der Waals surface area contributed by atoms with Crippen LogP contribution in [0.3, 0.4) is 0 Å². The Morgan fingerprint density at radius 2 is 1.76 bits per heavy atom. The van der Waals surface area contributed by atoms with Crippen LogP contribution in [0.15, 0.2) is 66.9 Å². The molecule has 0 aliphatic carbocycles. The second kappa shape index (κ2) is 8.70. The van der Waals surface area contributed by atoms with Gasteiger partial charge in [-0.25, -0.2) is 19.3 Å². The smallest absolute Gasteiger partial charge is 0.227 e. The molecule has 0 spiro atoms. The summed E-state index contributed by atoms with van der Waals surface area (Å²) in [6.45, 7) is 2.53. The van der Waals surface area contributed by atoms with Crippen LogP contribution >= 0.6 is 0 Å². The van der Waals surface area contributed by atoms with Gasteiger partial charge in [0.15, 0.2) is 5.82 Å². The quantitative estimate of drug-likeness (QED) is 0.422. The fraction of sp³-hybridized carbons (Fsp3) is 0.208. The molecule has 8 nitrogen and oxygen atoms in total. The van der Waals surface area contributed by atoms with Crippen LogP contribution in [-0.4, -0.2) is 38.7 Å². The fourth-order valence-corrected chi connectivity index (χ4v) is 3.49. The van der Waals surface area contributed by atoms with Crippen LogP contribution in [0.25, 0.3) is 22.6 Å². The Morgan fingerprint density at radius 3 is 2.48 bits per heavy atom. The summed E-state index contributed by atoms with van der Waals surface area (Å²) < 4.78 is 25.1. The van der Waals surface area contributed by atoms with Crippen LogP contribution in [0.1, 0.15) is 19.0 Å². The van der Waals surface area contributed by atoms with Crippen LogP contribution < -0.4 is 11.1 Å². The van der Waals surface area contributed by atoms with Crippen molar-refractivity contribution in [2.45, 2.75) is 18.8 Å². The molecule has 0 atom stereocenters. The van der Waals surface area contributed by atoms with Gasteiger partial charge >= 0.3 is 0 Å². The first-order valence-corrected chi connectivity index (χ1v) is 10.5. The topological polar surface area (TPSA) is 111 Å². The van der Waals surface area contributed by atoms with E-state index in [1.807, 2.05) is 37.3 Å². The van der Waals surface area contributed by atoms with E-state index in [1.165, 1.54) is 12.1 Å². The largest absolute Gasteiger partial charge is 0.344 e. The number of aromatic nitrogens is 4. The molecule has 1 aliphatic heterocycles. The first-order valence-electron chi connectivity index (χ1n) is 10.5. The average molecular weight is 446 g/mol. The molecule has 1 fully saturated rings. The number of benzene rings is 2. The minimum atomic E-state index is -0.696. The third kappa shape index (κ3) is 4.75. The molecule has 33 heavy (non-hydrogen) atoms. The Labute approximate surface area is 190 Å². The SMILES string of the molecule is CC1(N)COC(c2nc(-c3ccc(F)cc3)c(-c3ccnc(Nc4ccccc4)n3)[nH]2)OC1. The lowest BCUT2D eigenvalue weighted by atomic mass is 10.1. The summed E-state index contributed by atoms with van der Waals surface area (Å²) in [6, 6.07) is 17.5. The van der Waals surface area contributed by atoms with Gasteiger partial charge in [0.2, 0.25) is 12.2 Å². The van der Waals surface area contributed by atoms with Gasteiger partial charge in [-0.15, -0.1) is 0 Å². The van der Waals surface area contributed by atoms with Gasteiger partial charge in [-0.3, -0.25) is 0 Å². The lowest BCUT2D eigenvalue weighted by Crippen LogP contribution is -2.50. The molecule has 9 heteroatoms. The van der Waals surface area contributed by atoms with Gasteiger partial charge in [-0.2, -0.15) is 0 Å². The summed E-state index contributed by atoms with van der Waals surface area (Å²) in [5.74, 6) is 0.591. The van der Waals surface area contributed by atoms with Crippen molar-refractivity contribution in [2.75, 3.05) is 18.5 Å². The van der Waals surface area contributed by atoms with Crippen LogP contribution in [0, 0.1) is 5.82 Å². The van der Waals surface area contributed by atoms with Crippen molar-refractivity contribution in [3.05, 3.63) is 78.5 Å². The maximum absolute atomic E-state index is 13.5. The molecular formula is C24H23FN6O2.